The van der Waals surface area contributed by atoms with Gasteiger partial charge in [0.2, 0.25) is 5.96 Å². The first-order valence-electron chi connectivity index (χ1n) is 5.78. The second kappa shape index (κ2) is 6.20. The van der Waals surface area contributed by atoms with Gasteiger partial charge in [-0.15, -0.1) is 5.10 Å². The highest BCUT2D eigenvalue weighted by molar-refractivity contribution is 5.82. The number of nitrogens with one attached hydrogen (secondary N) is 1. The van der Waals surface area contributed by atoms with E-state index < -0.39 is 0 Å². The maximum atomic E-state index is 5.17. The van der Waals surface area contributed by atoms with Crippen molar-refractivity contribution in [3.8, 4) is 0 Å². The lowest BCUT2D eigenvalue weighted by atomic mass is 10.2. The molecule has 0 amide bonds. The molecule has 0 saturated carbocycles. The smallest absolute Gasteiger partial charge is 0.211 e. The number of rotatable bonds is 4. The van der Waals surface area contributed by atoms with Gasteiger partial charge in [0.1, 0.15) is 0 Å². The summed E-state index contributed by atoms with van der Waals surface area (Å²) in [4.78, 5) is 0. The Morgan fingerprint density at radius 2 is 1.53 bits per heavy atom. The fourth-order valence-corrected chi connectivity index (χ4v) is 1.50. The number of hydrogen-bond acceptors (Lipinski definition) is 3. The van der Waals surface area contributed by atoms with Crippen LogP contribution in [0, 0.1) is 0 Å². The van der Waals surface area contributed by atoms with Gasteiger partial charge in [-0.1, -0.05) is 30.3 Å². The van der Waals surface area contributed by atoms with Crippen molar-refractivity contribution in [2.75, 3.05) is 5.32 Å². The third-order valence-corrected chi connectivity index (χ3v) is 2.35. The van der Waals surface area contributed by atoms with E-state index in [2.05, 4.69) is 15.5 Å². The molecule has 0 atom stereocenters. The second-order valence-electron chi connectivity index (χ2n) is 3.88. The summed E-state index contributed by atoms with van der Waals surface area (Å²) < 4.78 is 0. The second-order valence-corrected chi connectivity index (χ2v) is 3.88. The Labute approximate surface area is 111 Å². The molecule has 0 radical (unpaired) electrons. The zero-order chi connectivity index (χ0) is 13.5. The molecule has 2 aromatic rings. The Bertz CT molecular complexity index is 569. The molecule has 0 aliphatic carbocycles. The monoisotopic (exact) mass is 253 g/mol. The number of guanidine groups is 1. The highest BCUT2D eigenvalue weighted by atomic mass is 15.3. The molecule has 96 valence electrons. The first-order valence-corrected chi connectivity index (χ1v) is 5.78. The van der Waals surface area contributed by atoms with Crippen molar-refractivity contribution in [3.05, 3.63) is 60.2 Å². The van der Waals surface area contributed by atoms with Crippen molar-refractivity contribution >= 4 is 23.5 Å². The van der Waals surface area contributed by atoms with E-state index in [1.54, 1.807) is 6.21 Å². The molecule has 2 rings (SSSR count). The lowest BCUT2D eigenvalue weighted by Gasteiger charge is -2.05. The molecule has 0 heterocycles. The van der Waals surface area contributed by atoms with Crippen molar-refractivity contribution < 1.29 is 0 Å². The van der Waals surface area contributed by atoms with Gasteiger partial charge in [-0.2, -0.15) is 5.10 Å². The number of benzene rings is 2. The van der Waals surface area contributed by atoms with Gasteiger partial charge in [-0.05, 0) is 29.8 Å². The number of para-hydroxylation sites is 1. The van der Waals surface area contributed by atoms with Gasteiger partial charge in [0.05, 0.1) is 6.21 Å². The molecule has 19 heavy (non-hydrogen) atoms. The van der Waals surface area contributed by atoms with Crippen LogP contribution in [-0.4, -0.2) is 12.2 Å². The van der Waals surface area contributed by atoms with E-state index in [1.807, 2.05) is 54.6 Å². The van der Waals surface area contributed by atoms with Crippen LogP contribution >= 0.6 is 0 Å². The first kappa shape index (κ1) is 12.6. The van der Waals surface area contributed by atoms with Crippen LogP contribution in [0.5, 0.6) is 0 Å². The first-order chi connectivity index (χ1) is 9.24. The highest BCUT2D eigenvalue weighted by Crippen LogP contribution is 2.15. The van der Waals surface area contributed by atoms with Crippen molar-refractivity contribution in [1.82, 2.24) is 0 Å². The summed E-state index contributed by atoms with van der Waals surface area (Å²) in [5, 5.41) is 10.6. The third kappa shape index (κ3) is 4.16. The number of nitrogens with zero attached hydrogens (tertiary/aromatic N) is 2. The number of hydrogen-bond donors (Lipinski definition) is 3. The zero-order valence-electron chi connectivity index (χ0n) is 10.3. The highest BCUT2D eigenvalue weighted by Gasteiger charge is 1.93. The molecule has 0 saturated heterocycles. The van der Waals surface area contributed by atoms with Crippen LogP contribution in [0.25, 0.3) is 0 Å². The van der Waals surface area contributed by atoms with Gasteiger partial charge in [-0.25, -0.2) is 0 Å². The van der Waals surface area contributed by atoms with E-state index in [1.165, 1.54) is 0 Å². The molecule has 0 spiro atoms. The summed E-state index contributed by atoms with van der Waals surface area (Å²) in [6, 6.07) is 17.7. The molecule has 0 bridgehead atoms. The molecule has 0 aliphatic rings. The minimum Gasteiger partial charge on any atom is -0.369 e. The Balaban J connectivity index is 2.03. The quantitative estimate of drug-likeness (QED) is 0.442. The molecule has 5 N–H and O–H groups in total. The van der Waals surface area contributed by atoms with Gasteiger partial charge in [0, 0.05) is 11.4 Å². The Morgan fingerprint density at radius 1 is 0.895 bits per heavy atom. The van der Waals surface area contributed by atoms with Crippen LogP contribution in [0.1, 0.15) is 5.56 Å². The van der Waals surface area contributed by atoms with Crippen molar-refractivity contribution in [2.24, 2.45) is 21.7 Å². The predicted molar refractivity (Wildman–Crippen MR) is 79.6 cm³/mol. The predicted octanol–water partition coefficient (Wildman–Crippen LogP) is 2.04. The topological polar surface area (TPSA) is 88.8 Å². The van der Waals surface area contributed by atoms with Gasteiger partial charge < -0.3 is 16.8 Å². The average Bonchev–Trinajstić information content (AvgIpc) is 2.42. The molecule has 0 aliphatic heterocycles. The fourth-order valence-electron chi connectivity index (χ4n) is 1.50. The van der Waals surface area contributed by atoms with Crippen LogP contribution in [0.2, 0.25) is 0 Å². The average molecular weight is 253 g/mol. The Hall–Kier alpha value is -2.82. The molecule has 2 aromatic carbocycles. The van der Waals surface area contributed by atoms with E-state index >= 15 is 0 Å². The lowest BCUT2D eigenvalue weighted by Crippen LogP contribution is -2.21. The lowest BCUT2D eigenvalue weighted by molar-refractivity contribution is 1.21. The van der Waals surface area contributed by atoms with Crippen LogP contribution in [0.15, 0.2) is 64.8 Å². The molecule has 0 aromatic heterocycles. The standard InChI is InChI=1S/C14H15N5/c15-14(16)19-17-10-11-6-8-13(9-7-11)18-12-4-2-1-3-5-12/h1-10,18H,(H4,15,16,19)/b17-10+. The van der Waals surface area contributed by atoms with Crippen LogP contribution in [-0.2, 0) is 0 Å². The molecule has 0 fully saturated rings. The third-order valence-electron chi connectivity index (χ3n) is 2.35. The van der Waals surface area contributed by atoms with Crippen molar-refractivity contribution in [2.45, 2.75) is 0 Å². The van der Waals surface area contributed by atoms with E-state index in [9.17, 15) is 0 Å². The summed E-state index contributed by atoms with van der Waals surface area (Å²) in [5.41, 5.74) is 13.3. The van der Waals surface area contributed by atoms with Crippen LogP contribution in [0.3, 0.4) is 0 Å². The van der Waals surface area contributed by atoms with Crippen LogP contribution < -0.4 is 16.8 Å². The molecule has 5 heteroatoms. The minimum absolute atomic E-state index is 0.0568. The molecule has 0 unspecified atom stereocenters. The number of anilines is 2. The summed E-state index contributed by atoms with van der Waals surface area (Å²) in [6.07, 6.45) is 1.59. The molecular weight excluding hydrogens is 238 g/mol. The van der Waals surface area contributed by atoms with Crippen LogP contribution in [0.4, 0.5) is 11.4 Å². The van der Waals surface area contributed by atoms with E-state index in [0.717, 1.165) is 16.9 Å². The van der Waals surface area contributed by atoms with Crippen molar-refractivity contribution in [1.29, 1.82) is 0 Å². The van der Waals surface area contributed by atoms with Gasteiger partial charge >= 0.3 is 0 Å². The summed E-state index contributed by atoms with van der Waals surface area (Å²) in [6.45, 7) is 0. The fraction of sp³-hybridized carbons (Fsp3) is 0. The van der Waals surface area contributed by atoms with Gasteiger partial charge in [0.25, 0.3) is 0 Å². The zero-order valence-corrected chi connectivity index (χ0v) is 10.3. The molecular formula is C14H15N5. The van der Waals surface area contributed by atoms with Gasteiger partial charge in [-0.3, -0.25) is 0 Å². The normalized spacial score (nSPS) is 10.3. The summed E-state index contributed by atoms with van der Waals surface area (Å²) >= 11 is 0. The maximum Gasteiger partial charge on any atom is 0.211 e. The maximum absolute atomic E-state index is 5.17. The van der Waals surface area contributed by atoms with E-state index in [-0.39, 0.29) is 5.96 Å². The summed E-state index contributed by atoms with van der Waals surface area (Å²) in [5.74, 6) is -0.0568. The van der Waals surface area contributed by atoms with Crippen molar-refractivity contribution in [3.63, 3.8) is 0 Å². The Morgan fingerprint density at radius 3 is 2.16 bits per heavy atom. The minimum atomic E-state index is -0.0568. The van der Waals surface area contributed by atoms with Gasteiger partial charge in [0.15, 0.2) is 0 Å². The largest absolute Gasteiger partial charge is 0.369 e. The number of nitrogens with two attached hydrogens (primary N) is 2. The summed E-state index contributed by atoms with van der Waals surface area (Å²) in [7, 11) is 0. The molecule has 5 nitrogen and oxygen atoms in total. The van der Waals surface area contributed by atoms with E-state index in [4.69, 9.17) is 11.5 Å². The SMILES string of the molecule is NC(N)=N/N=C/c1ccc(Nc2ccccc2)cc1. The Kier molecular flexibility index (Phi) is 4.12. The van der Waals surface area contributed by atoms with E-state index in [0.29, 0.717) is 0 Å².